The minimum Gasteiger partial charge on any atom is -0.493 e. The van der Waals surface area contributed by atoms with Crippen LogP contribution >= 0.6 is 12.2 Å². The van der Waals surface area contributed by atoms with Crippen LogP contribution < -0.4 is 24.8 Å². The summed E-state index contributed by atoms with van der Waals surface area (Å²) in [6.07, 6.45) is 1.58. The Morgan fingerprint density at radius 3 is 2.43 bits per heavy atom. The Labute approximate surface area is 206 Å². The number of benzene rings is 2. The quantitative estimate of drug-likeness (QED) is 0.338. The zero-order valence-electron chi connectivity index (χ0n) is 19.4. The van der Waals surface area contributed by atoms with Crippen LogP contribution in [0.4, 0.5) is 10.1 Å². The number of ether oxygens (including phenoxy) is 3. The molecule has 0 aliphatic carbocycles. The number of halogens is 1. The van der Waals surface area contributed by atoms with Crippen molar-refractivity contribution < 1.29 is 27.8 Å². The monoisotopic (exact) mass is 495 g/mol. The Bertz CT molecular complexity index is 1440. The van der Waals surface area contributed by atoms with E-state index in [4.69, 9.17) is 30.8 Å². The lowest BCUT2D eigenvalue weighted by Gasteiger charge is -2.13. The van der Waals surface area contributed by atoms with Crippen molar-refractivity contribution in [1.82, 2.24) is 10.3 Å². The molecule has 0 saturated heterocycles. The number of aromatic nitrogens is 1. The second-order valence-electron chi connectivity index (χ2n) is 7.51. The van der Waals surface area contributed by atoms with E-state index in [1.165, 1.54) is 19.2 Å². The Morgan fingerprint density at radius 2 is 1.77 bits per heavy atom. The van der Waals surface area contributed by atoms with Gasteiger partial charge in [-0.15, -0.1) is 0 Å². The first-order chi connectivity index (χ1) is 16.8. The average molecular weight is 496 g/mol. The summed E-state index contributed by atoms with van der Waals surface area (Å²) >= 11 is 5.16. The van der Waals surface area contributed by atoms with E-state index in [-0.39, 0.29) is 16.5 Å². The third-order valence-electron chi connectivity index (χ3n) is 5.14. The predicted octanol–water partition coefficient (Wildman–Crippen LogP) is 5.52. The van der Waals surface area contributed by atoms with Gasteiger partial charge in [0.25, 0.3) is 5.91 Å². The highest BCUT2D eigenvalue weighted by Gasteiger charge is 2.16. The van der Waals surface area contributed by atoms with Gasteiger partial charge in [-0.05, 0) is 56.4 Å². The van der Waals surface area contributed by atoms with E-state index in [0.29, 0.717) is 45.2 Å². The fourth-order valence-corrected chi connectivity index (χ4v) is 3.71. The van der Waals surface area contributed by atoms with Crippen LogP contribution in [0.25, 0.3) is 10.9 Å². The molecule has 0 saturated carbocycles. The average Bonchev–Trinajstić information content (AvgIpc) is 3.18. The molecular weight excluding hydrogens is 473 g/mol. The third-order valence-corrected chi connectivity index (χ3v) is 5.34. The highest BCUT2D eigenvalue weighted by Crippen LogP contribution is 2.37. The van der Waals surface area contributed by atoms with Crippen molar-refractivity contribution in [3.8, 4) is 23.0 Å². The standard InChI is InChI=1S/C25H22FN3O5S/c1-13-9-16(14(2)33-13)24(30)29-25(35)28-19-6-5-15(10-18(19)26)34-21-7-8-27-20-12-23(32-4)22(31-3)11-17(20)21/h5-12H,1-4H3,(H2,28,29,30,35). The first kappa shape index (κ1) is 24.0. The number of hydrogen-bond donors (Lipinski definition) is 2. The summed E-state index contributed by atoms with van der Waals surface area (Å²) in [5, 5.41) is 5.81. The van der Waals surface area contributed by atoms with Gasteiger partial charge >= 0.3 is 0 Å². The van der Waals surface area contributed by atoms with Crippen LogP contribution in [0.1, 0.15) is 21.9 Å². The van der Waals surface area contributed by atoms with Crippen molar-refractivity contribution in [2.45, 2.75) is 13.8 Å². The van der Waals surface area contributed by atoms with Gasteiger partial charge in [0.1, 0.15) is 28.8 Å². The molecule has 0 atom stereocenters. The summed E-state index contributed by atoms with van der Waals surface area (Å²) in [7, 11) is 3.07. The van der Waals surface area contributed by atoms with Gasteiger partial charge < -0.3 is 23.9 Å². The number of amides is 1. The number of anilines is 1. The summed E-state index contributed by atoms with van der Waals surface area (Å²) in [5.41, 5.74) is 1.06. The van der Waals surface area contributed by atoms with Gasteiger partial charge in [-0.3, -0.25) is 15.1 Å². The number of rotatable bonds is 6. The van der Waals surface area contributed by atoms with Gasteiger partial charge in [-0.2, -0.15) is 0 Å². The molecule has 0 radical (unpaired) electrons. The van der Waals surface area contributed by atoms with E-state index in [9.17, 15) is 9.18 Å². The number of pyridine rings is 1. The maximum absolute atomic E-state index is 14.8. The number of nitrogens with one attached hydrogen (secondary N) is 2. The molecule has 10 heteroatoms. The molecule has 4 aromatic rings. The summed E-state index contributed by atoms with van der Waals surface area (Å²) in [6.45, 7) is 3.41. The van der Waals surface area contributed by atoms with Crippen molar-refractivity contribution in [1.29, 1.82) is 0 Å². The molecule has 0 unspecified atom stereocenters. The Hall–Kier alpha value is -4.18. The van der Waals surface area contributed by atoms with Crippen molar-refractivity contribution in [3.05, 3.63) is 71.6 Å². The minimum absolute atomic E-state index is 0.0537. The van der Waals surface area contributed by atoms with Gasteiger partial charge in [-0.1, -0.05) is 0 Å². The largest absolute Gasteiger partial charge is 0.493 e. The smallest absolute Gasteiger partial charge is 0.260 e. The number of carbonyl (C=O) groups is 1. The van der Waals surface area contributed by atoms with E-state index in [1.54, 1.807) is 57.5 Å². The number of furan rings is 1. The van der Waals surface area contributed by atoms with E-state index in [1.807, 2.05) is 0 Å². The predicted molar refractivity (Wildman–Crippen MR) is 133 cm³/mol. The first-order valence-corrected chi connectivity index (χ1v) is 10.9. The molecule has 180 valence electrons. The summed E-state index contributed by atoms with van der Waals surface area (Å²) in [4.78, 5) is 16.7. The first-order valence-electron chi connectivity index (χ1n) is 10.5. The molecule has 0 spiro atoms. The highest BCUT2D eigenvalue weighted by atomic mass is 32.1. The molecule has 4 rings (SSSR count). The Kier molecular flexibility index (Phi) is 6.83. The second-order valence-corrected chi connectivity index (χ2v) is 7.92. The zero-order chi connectivity index (χ0) is 25.1. The van der Waals surface area contributed by atoms with Gasteiger partial charge in [0.05, 0.1) is 31.0 Å². The van der Waals surface area contributed by atoms with Crippen LogP contribution in [0, 0.1) is 19.7 Å². The lowest BCUT2D eigenvalue weighted by Crippen LogP contribution is -2.34. The lowest BCUT2D eigenvalue weighted by molar-refractivity contribution is 0.0976. The fourth-order valence-electron chi connectivity index (χ4n) is 3.50. The molecule has 2 N–H and O–H groups in total. The molecule has 2 heterocycles. The van der Waals surface area contributed by atoms with Crippen LogP contribution in [0.2, 0.25) is 0 Å². The number of methoxy groups -OCH3 is 2. The minimum atomic E-state index is -0.618. The number of aryl methyl sites for hydroxylation is 2. The van der Waals surface area contributed by atoms with E-state index < -0.39 is 11.7 Å². The molecule has 8 nitrogen and oxygen atoms in total. The summed E-state index contributed by atoms with van der Waals surface area (Å²) in [5.74, 6) is 1.77. The highest BCUT2D eigenvalue weighted by molar-refractivity contribution is 7.80. The normalized spacial score (nSPS) is 10.7. The Balaban J connectivity index is 1.49. The lowest BCUT2D eigenvalue weighted by atomic mass is 10.2. The second kappa shape index (κ2) is 9.98. The van der Waals surface area contributed by atoms with Crippen molar-refractivity contribution in [2.75, 3.05) is 19.5 Å². The third kappa shape index (κ3) is 5.17. The molecule has 0 fully saturated rings. The molecule has 0 aliphatic heterocycles. The van der Waals surface area contributed by atoms with Crippen molar-refractivity contribution in [3.63, 3.8) is 0 Å². The van der Waals surface area contributed by atoms with Crippen LogP contribution in [0.5, 0.6) is 23.0 Å². The zero-order valence-corrected chi connectivity index (χ0v) is 20.2. The molecule has 1 amide bonds. The number of fused-ring (bicyclic) bond motifs is 1. The van der Waals surface area contributed by atoms with Crippen molar-refractivity contribution in [2.24, 2.45) is 0 Å². The maximum atomic E-state index is 14.8. The van der Waals surface area contributed by atoms with Crippen LogP contribution in [0.15, 0.2) is 53.1 Å². The summed E-state index contributed by atoms with van der Waals surface area (Å²) in [6, 6.07) is 11.0. The van der Waals surface area contributed by atoms with Gasteiger partial charge in [0, 0.05) is 23.7 Å². The molecule has 35 heavy (non-hydrogen) atoms. The summed E-state index contributed by atoms with van der Waals surface area (Å²) < 4.78 is 36.7. The molecule has 2 aromatic heterocycles. The van der Waals surface area contributed by atoms with Gasteiger partial charge in [0.2, 0.25) is 0 Å². The van der Waals surface area contributed by atoms with Crippen LogP contribution in [-0.4, -0.2) is 30.2 Å². The number of carbonyl (C=O) groups excluding carboxylic acids is 1. The fraction of sp³-hybridized carbons (Fsp3) is 0.160. The Morgan fingerprint density at radius 1 is 1.03 bits per heavy atom. The van der Waals surface area contributed by atoms with Crippen molar-refractivity contribution >= 4 is 39.8 Å². The van der Waals surface area contributed by atoms with E-state index in [0.717, 1.165) is 0 Å². The molecular formula is C25H22FN3O5S. The van der Waals surface area contributed by atoms with Gasteiger partial charge in [-0.25, -0.2) is 4.39 Å². The van der Waals surface area contributed by atoms with E-state index in [2.05, 4.69) is 15.6 Å². The maximum Gasteiger partial charge on any atom is 0.260 e. The number of thiocarbonyl (C=S) groups is 1. The van der Waals surface area contributed by atoms with Gasteiger partial charge in [0.15, 0.2) is 16.6 Å². The van der Waals surface area contributed by atoms with Crippen LogP contribution in [0.3, 0.4) is 0 Å². The van der Waals surface area contributed by atoms with Crippen LogP contribution in [-0.2, 0) is 0 Å². The molecule has 0 aliphatic rings. The number of hydrogen-bond acceptors (Lipinski definition) is 7. The molecule has 2 aromatic carbocycles. The SMILES string of the molecule is COc1cc2nccc(Oc3ccc(NC(=S)NC(=O)c4cc(C)oc4C)c(F)c3)c2cc1OC. The molecule has 0 bridgehead atoms. The topological polar surface area (TPSA) is 94.9 Å². The van der Waals surface area contributed by atoms with E-state index >= 15 is 0 Å². The number of nitrogens with zero attached hydrogens (tertiary/aromatic N) is 1.